The van der Waals surface area contributed by atoms with Crippen molar-refractivity contribution in [2.75, 3.05) is 12.3 Å². The Kier molecular flexibility index (Phi) is 5.67. The second kappa shape index (κ2) is 6.23. The first kappa shape index (κ1) is 14.6. The van der Waals surface area contributed by atoms with Crippen LogP contribution in [0.1, 0.15) is 20.8 Å². The van der Waals surface area contributed by atoms with E-state index in [4.69, 9.17) is 0 Å². The van der Waals surface area contributed by atoms with Gasteiger partial charge in [-0.3, -0.25) is 4.79 Å². The van der Waals surface area contributed by atoms with Gasteiger partial charge in [0.25, 0.3) is 0 Å². The number of allylic oxidation sites excluding steroid dienone is 2. The highest BCUT2D eigenvalue weighted by molar-refractivity contribution is 7.78. The highest BCUT2D eigenvalue weighted by Crippen LogP contribution is 2.54. The third-order valence-corrected chi connectivity index (χ3v) is 6.15. The fourth-order valence-corrected chi connectivity index (χ4v) is 3.59. The molecule has 0 fully saturated rings. The van der Waals surface area contributed by atoms with Gasteiger partial charge in [0, 0.05) is 6.89 Å². The maximum atomic E-state index is 11.2. The van der Waals surface area contributed by atoms with Gasteiger partial charge in [-0.05, 0) is 19.2 Å². The molecule has 86 valence electrons. The van der Waals surface area contributed by atoms with Crippen molar-refractivity contribution in [3.8, 4) is 0 Å². The lowest BCUT2D eigenvalue weighted by molar-refractivity contribution is -0.113. The lowest BCUT2D eigenvalue weighted by Gasteiger charge is -2.17. The van der Waals surface area contributed by atoms with Crippen molar-refractivity contribution in [3.05, 3.63) is 10.9 Å². The summed E-state index contributed by atoms with van der Waals surface area (Å²) in [6.45, 7) is 2.10. The zero-order valence-corrected chi connectivity index (χ0v) is 10.4. The van der Waals surface area contributed by atoms with E-state index in [1.807, 2.05) is 5.66 Å². The van der Waals surface area contributed by atoms with E-state index in [0.717, 1.165) is 6.92 Å². The Hall–Kier alpha value is -1.42. The summed E-state index contributed by atoms with van der Waals surface area (Å²) in [5.74, 6) is 2.41. The van der Waals surface area contributed by atoms with Crippen molar-refractivity contribution >= 4 is 30.2 Å². The highest BCUT2D eigenvalue weighted by Gasteiger charge is 2.28. The second-order valence-electron chi connectivity index (χ2n) is 3.18. The molecule has 4 nitrogen and oxygen atoms in total. The fourth-order valence-electron chi connectivity index (χ4n) is 1.35. The number of ketones is 1. The maximum absolute atomic E-state index is 11.2. The Balaban J connectivity index is 6.05. The van der Waals surface area contributed by atoms with Gasteiger partial charge in [0.2, 0.25) is 0 Å². The molecule has 0 aromatic rings. The maximum Gasteiger partial charge on any atom is 0.172 e. The molecule has 0 N–H and O–H groups in total. The predicted octanol–water partition coefficient (Wildman–Crippen LogP) is 1.17. The average molecular weight is 240 g/mol. The number of carbonyl (C=O) groups is 1. The standard InChI is InChI=1S/C11H13O4P/c1-4-16(5-2,8-14)11(7-13)10(6-12)9(3)15/h4-5H2,1-3H3. The molecule has 0 spiro atoms. The van der Waals surface area contributed by atoms with Crippen LogP contribution in [0, 0.1) is 0 Å². The van der Waals surface area contributed by atoms with E-state index in [-0.39, 0.29) is 10.9 Å². The van der Waals surface area contributed by atoms with E-state index in [9.17, 15) is 19.2 Å². The molecule has 0 heterocycles. The van der Waals surface area contributed by atoms with Crippen LogP contribution in [-0.2, 0) is 19.2 Å². The minimum absolute atomic E-state index is 0.130. The summed E-state index contributed by atoms with van der Waals surface area (Å²) in [6, 6.07) is 0. The van der Waals surface area contributed by atoms with Gasteiger partial charge in [0.15, 0.2) is 5.78 Å². The van der Waals surface area contributed by atoms with Crippen LogP contribution in [-0.4, -0.2) is 35.7 Å². The molecular formula is C11H13O4P. The molecule has 16 heavy (non-hydrogen) atoms. The summed E-state index contributed by atoms with van der Waals surface area (Å²) in [6.07, 6.45) is 0.770. The van der Waals surface area contributed by atoms with Gasteiger partial charge >= 0.3 is 0 Å². The van der Waals surface area contributed by atoms with Crippen LogP contribution in [0.25, 0.3) is 0 Å². The SMILES string of the molecule is CCP(=C=O)(CC)C(=C=O)C(=C=O)C(C)=O. The second-order valence-corrected chi connectivity index (χ2v) is 7.01. The van der Waals surface area contributed by atoms with E-state index in [1.165, 1.54) is 5.94 Å². The smallest absolute Gasteiger partial charge is 0.172 e. The minimum atomic E-state index is -2.51. The van der Waals surface area contributed by atoms with Gasteiger partial charge in [-0.1, -0.05) is 13.8 Å². The molecule has 5 heteroatoms. The Morgan fingerprint density at radius 2 is 1.56 bits per heavy atom. The van der Waals surface area contributed by atoms with Crippen LogP contribution in [0.2, 0.25) is 0 Å². The third-order valence-electron chi connectivity index (χ3n) is 2.47. The van der Waals surface area contributed by atoms with Crippen LogP contribution in [0.4, 0.5) is 0 Å². The number of hydrogen-bond donors (Lipinski definition) is 0. The number of hydrogen-bond acceptors (Lipinski definition) is 4. The summed E-state index contributed by atoms with van der Waals surface area (Å²) < 4.78 is 0. The molecule has 0 unspecified atom stereocenters. The first-order valence-electron chi connectivity index (χ1n) is 4.81. The van der Waals surface area contributed by atoms with Crippen LogP contribution in [0.5, 0.6) is 0 Å². The molecule has 0 aromatic heterocycles. The molecule has 0 saturated carbocycles. The van der Waals surface area contributed by atoms with E-state index in [2.05, 4.69) is 0 Å². The number of rotatable bonds is 5. The zero-order valence-electron chi connectivity index (χ0n) is 9.49. The monoisotopic (exact) mass is 240 g/mol. The van der Waals surface area contributed by atoms with Gasteiger partial charge in [-0.15, -0.1) is 0 Å². The average Bonchev–Trinajstić information content (AvgIpc) is 2.30. The summed E-state index contributed by atoms with van der Waals surface area (Å²) in [4.78, 5) is 43.7. The van der Waals surface area contributed by atoms with Crippen molar-refractivity contribution in [3.63, 3.8) is 0 Å². The van der Waals surface area contributed by atoms with Gasteiger partial charge in [0.1, 0.15) is 23.1 Å². The Morgan fingerprint density at radius 1 is 1.06 bits per heavy atom. The van der Waals surface area contributed by atoms with Crippen LogP contribution < -0.4 is 0 Å². The van der Waals surface area contributed by atoms with Crippen molar-refractivity contribution in [1.82, 2.24) is 0 Å². The largest absolute Gasteiger partial charge is 0.294 e. The van der Waals surface area contributed by atoms with E-state index in [1.54, 1.807) is 19.8 Å². The lowest BCUT2D eigenvalue weighted by atomic mass is 10.2. The molecular weight excluding hydrogens is 227 g/mol. The molecule has 0 aromatic carbocycles. The molecule has 0 aliphatic rings. The quantitative estimate of drug-likeness (QED) is 0.313. The first-order valence-corrected chi connectivity index (χ1v) is 6.97. The Morgan fingerprint density at radius 3 is 1.75 bits per heavy atom. The van der Waals surface area contributed by atoms with Gasteiger partial charge < -0.3 is 0 Å². The summed E-state index contributed by atoms with van der Waals surface area (Å²) in [5, 5.41) is -0.130. The Bertz CT molecular complexity index is 462. The van der Waals surface area contributed by atoms with Crippen molar-refractivity contribution in [2.24, 2.45) is 0 Å². The predicted molar refractivity (Wildman–Crippen MR) is 62.8 cm³/mol. The molecule has 0 saturated heterocycles. The number of carbonyl (C=O) groups excluding carboxylic acids is 4. The van der Waals surface area contributed by atoms with Gasteiger partial charge in [-0.25, -0.2) is 14.4 Å². The topological polar surface area (TPSA) is 68.3 Å². The molecule has 0 bridgehead atoms. The zero-order chi connectivity index (χ0) is 12.8. The molecule has 0 aliphatic heterocycles. The molecule has 0 rings (SSSR count). The first-order chi connectivity index (χ1) is 7.52. The summed E-state index contributed by atoms with van der Waals surface area (Å²) >= 11 is 0. The summed E-state index contributed by atoms with van der Waals surface area (Å²) in [7, 11) is 0. The molecule has 0 radical (unpaired) electrons. The van der Waals surface area contributed by atoms with Crippen molar-refractivity contribution in [1.29, 1.82) is 0 Å². The molecule has 0 aliphatic carbocycles. The third kappa shape index (κ3) is 2.58. The number of Topliss-reactive ketones (excluding diaryl/α,β-unsaturated/α-hetero) is 1. The molecule has 0 amide bonds. The van der Waals surface area contributed by atoms with E-state index in [0.29, 0.717) is 12.3 Å². The van der Waals surface area contributed by atoms with Crippen molar-refractivity contribution < 1.29 is 19.2 Å². The van der Waals surface area contributed by atoms with Crippen LogP contribution >= 0.6 is 6.89 Å². The van der Waals surface area contributed by atoms with E-state index >= 15 is 0 Å². The Labute approximate surface area is 94.0 Å². The van der Waals surface area contributed by atoms with Gasteiger partial charge in [0.05, 0.1) is 5.31 Å². The van der Waals surface area contributed by atoms with Crippen molar-refractivity contribution in [2.45, 2.75) is 20.8 Å². The van der Waals surface area contributed by atoms with Gasteiger partial charge in [-0.2, -0.15) is 0 Å². The van der Waals surface area contributed by atoms with E-state index < -0.39 is 12.7 Å². The van der Waals surface area contributed by atoms with Crippen LogP contribution in [0.15, 0.2) is 10.9 Å². The van der Waals surface area contributed by atoms with Crippen LogP contribution in [0.3, 0.4) is 0 Å². The highest BCUT2D eigenvalue weighted by atomic mass is 31.2. The lowest BCUT2D eigenvalue weighted by Crippen LogP contribution is -2.06. The molecule has 0 atom stereocenters. The normalized spacial score (nSPS) is 9.69. The summed E-state index contributed by atoms with van der Waals surface area (Å²) in [5.41, 5.74) is 1.48. The minimum Gasteiger partial charge on any atom is -0.294 e. The fraction of sp³-hybridized carbons (Fsp3) is 0.455.